The number of aliphatic hydroxyl groups is 1. The van der Waals surface area contributed by atoms with Crippen LogP contribution in [0.4, 0.5) is 5.69 Å². The number of Topliss-reactive ketones (excluding diaryl/α,β-unsaturated/α-hetero) is 1. The molecule has 0 saturated carbocycles. The predicted octanol–water partition coefficient (Wildman–Crippen LogP) is 4.47. The van der Waals surface area contributed by atoms with Gasteiger partial charge in [-0.2, -0.15) is 0 Å². The number of pyridine rings is 1. The fourth-order valence-corrected chi connectivity index (χ4v) is 3.57. The summed E-state index contributed by atoms with van der Waals surface area (Å²) in [6.07, 6.45) is 3.12. The molecule has 1 aliphatic heterocycles. The molecule has 0 unspecified atom stereocenters. The van der Waals surface area contributed by atoms with Crippen molar-refractivity contribution in [1.29, 1.82) is 0 Å². The van der Waals surface area contributed by atoms with Gasteiger partial charge in [0.25, 0.3) is 11.7 Å². The van der Waals surface area contributed by atoms with E-state index in [1.165, 1.54) is 11.1 Å². The normalized spacial score (nSPS) is 18.5. The fourth-order valence-electron chi connectivity index (χ4n) is 3.31. The third kappa shape index (κ3) is 3.12. The highest BCUT2D eigenvalue weighted by Crippen LogP contribution is 2.42. The number of anilines is 1. The van der Waals surface area contributed by atoms with E-state index < -0.39 is 17.7 Å². The number of nitrogens with zero attached hydrogens (tertiary/aromatic N) is 2. The molecule has 1 saturated heterocycles. The zero-order chi connectivity index (χ0) is 19.7. The third-order valence-corrected chi connectivity index (χ3v) is 5.13. The maximum Gasteiger partial charge on any atom is 0.300 e. The average molecular weight is 435 g/mol. The fraction of sp³-hybridized carbons (Fsp3) is 0.0455. The number of carbonyl (C=O) groups is 2. The molecule has 1 aromatic heterocycles. The second-order valence-corrected chi connectivity index (χ2v) is 7.21. The van der Waals surface area contributed by atoms with Gasteiger partial charge in [0.15, 0.2) is 0 Å². The minimum atomic E-state index is -0.752. The van der Waals surface area contributed by atoms with Crippen LogP contribution in [-0.4, -0.2) is 21.8 Å². The molecular formula is C22H15BrN2O3. The van der Waals surface area contributed by atoms with Gasteiger partial charge in [-0.25, -0.2) is 0 Å². The highest BCUT2D eigenvalue weighted by atomic mass is 79.9. The number of carbonyl (C=O) groups excluding carboxylic acids is 2. The number of ketones is 1. The molecule has 2 aromatic carbocycles. The Bertz CT molecular complexity index is 1060. The van der Waals surface area contributed by atoms with Gasteiger partial charge in [-0.1, -0.05) is 58.4 Å². The first-order valence-corrected chi connectivity index (χ1v) is 9.39. The number of rotatable bonds is 3. The molecule has 138 valence electrons. The summed E-state index contributed by atoms with van der Waals surface area (Å²) in [5.74, 6) is -1.62. The monoisotopic (exact) mass is 434 g/mol. The SMILES string of the molecule is O=C1C(=O)N(c2cccnc2)[C@H](c2ccc(Br)cc2)C1=C(O)c1ccccc1. The van der Waals surface area contributed by atoms with Gasteiger partial charge in [0.1, 0.15) is 5.76 Å². The van der Waals surface area contributed by atoms with E-state index in [0.29, 0.717) is 16.8 Å². The van der Waals surface area contributed by atoms with Crippen molar-refractivity contribution in [2.75, 3.05) is 4.90 Å². The minimum absolute atomic E-state index is 0.0578. The minimum Gasteiger partial charge on any atom is -0.507 e. The lowest BCUT2D eigenvalue weighted by atomic mass is 9.95. The largest absolute Gasteiger partial charge is 0.507 e. The zero-order valence-electron chi connectivity index (χ0n) is 14.6. The van der Waals surface area contributed by atoms with Crippen molar-refractivity contribution >= 4 is 39.1 Å². The molecule has 4 rings (SSSR count). The van der Waals surface area contributed by atoms with E-state index in [4.69, 9.17) is 0 Å². The summed E-state index contributed by atoms with van der Waals surface area (Å²) in [6, 6.07) is 18.7. The van der Waals surface area contributed by atoms with Crippen LogP contribution in [0.15, 0.2) is 89.2 Å². The molecule has 0 aliphatic carbocycles. The molecule has 1 N–H and O–H groups in total. The maximum absolute atomic E-state index is 12.9. The number of halogens is 1. The van der Waals surface area contributed by atoms with E-state index in [9.17, 15) is 14.7 Å². The summed E-state index contributed by atoms with van der Waals surface area (Å²) in [4.78, 5) is 31.3. The zero-order valence-corrected chi connectivity index (χ0v) is 16.2. The van der Waals surface area contributed by atoms with Crippen molar-refractivity contribution < 1.29 is 14.7 Å². The van der Waals surface area contributed by atoms with Crippen LogP contribution >= 0.6 is 15.9 Å². The average Bonchev–Trinajstić information content (AvgIpc) is 3.00. The molecule has 1 atom stereocenters. The Labute approximate surface area is 170 Å². The van der Waals surface area contributed by atoms with Gasteiger partial charge in [-0.15, -0.1) is 0 Å². The van der Waals surface area contributed by atoms with Crippen molar-refractivity contribution in [2.45, 2.75) is 6.04 Å². The lowest BCUT2D eigenvalue weighted by Crippen LogP contribution is -2.29. The summed E-state index contributed by atoms with van der Waals surface area (Å²) in [5.41, 5.74) is 1.74. The molecule has 5 nitrogen and oxygen atoms in total. The van der Waals surface area contributed by atoms with Crippen LogP contribution < -0.4 is 4.90 Å². The van der Waals surface area contributed by atoms with Crippen LogP contribution in [0, 0.1) is 0 Å². The van der Waals surface area contributed by atoms with Crippen LogP contribution in [0.2, 0.25) is 0 Å². The summed E-state index contributed by atoms with van der Waals surface area (Å²) in [6.45, 7) is 0. The quantitative estimate of drug-likeness (QED) is 0.375. The molecule has 0 spiro atoms. The number of benzene rings is 2. The van der Waals surface area contributed by atoms with Crippen LogP contribution in [0.5, 0.6) is 0 Å². The number of amides is 1. The van der Waals surface area contributed by atoms with Crippen molar-refractivity contribution in [3.63, 3.8) is 0 Å². The molecule has 3 aromatic rings. The number of hydrogen-bond donors (Lipinski definition) is 1. The van der Waals surface area contributed by atoms with Gasteiger partial charge in [-0.3, -0.25) is 19.5 Å². The maximum atomic E-state index is 12.9. The van der Waals surface area contributed by atoms with Crippen LogP contribution in [0.3, 0.4) is 0 Å². The molecule has 0 bridgehead atoms. The van der Waals surface area contributed by atoms with Gasteiger partial charge in [0.05, 0.1) is 23.5 Å². The van der Waals surface area contributed by atoms with E-state index in [1.54, 1.807) is 42.6 Å². The van der Waals surface area contributed by atoms with Gasteiger partial charge < -0.3 is 5.11 Å². The second-order valence-electron chi connectivity index (χ2n) is 6.30. The van der Waals surface area contributed by atoms with Crippen molar-refractivity contribution in [2.24, 2.45) is 0 Å². The van der Waals surface area contributed by atoms with Gasteiger partial charge >= 0.3 is 0 Å². The van der Waals surface area contributed by atoms with E-state index in [0.717, 1.165) is 4.47 Å². The Morgan fingerprint density at radius 2 is 1.68 bits per heavy atom. The first-order valence-electron chi connectivity index (χ1n) is 8.60. The predicted molar refractivity (Wildman–Crippen MR) is 110 cm³/mol. The summed E-state index contributed by atoms with van der Waals surface area (Å²) in [7, 11) is 0. The van der Waals surface area contributed by atoms with Crippen LogP contribution in [0.1, 0.15) is 17.2 Å². The summed E-state index contributed by atoms with van der Waals surface area (Å²) < 4.78 is 0.873. The Morgan fingerprint density at radius 1 is 0.964 bits per heavy atom. The highest BCUT2D eigenvalue weighted by molar-refractivity contribution is 9.10. The Balaban J connectivity index is 1.95. The van der Waals surface area contributed by atoms with E-state index >= 15 is 0 Å². The second kappa shape index (κ2) is 7.40. The number of hydrogen-bond acceptors (Lipinski definition) is 4. The number of aromatic nitrogens is 1. The van der Waals surface area contributed by atoms with Gasteiger partial charge in [0.2, 0.25) is 0 Å². The van der Waals surface area contributed by atoms with Crippen LogP contribution in [-0.2, 0) is 9.59 Å². The van der Waals surface area contributed by atoms with E-state index in [2.05, 4.69) is 20.9 Å². The molecule has 6 heteroatoms. The van der Waals surface area contributed by atoms with E-state index in [1.807, 2.05) is 30.3 Å². The molecule has 0 radical (unpaired) electrons. The van der Waals surface area contributed by atoms with Crippen molar-refractivity contribution in [3.8, 4) is 0 Å². The molecule has 2 heterocycles. The standard InChI is InChI=1S/C22H15BrN2O3/c23-16-10-8-14(9-11-16)19-18(20(26)15-5-2-1-3-6-15)21(27)22(28)25(19)17-7-4-12-24-13-17/h1-13,19,26H/t19-/m1/s1. The molecular weight excluding hydrogens is 420 g/mol. The summed E-state index contributed by atoms with van der Waals surface area (Å²) >= 11 is 3.40. The molecule has 1 aliphatic rings. The lowest BCUT2D eigenvalue weighted by Gasteiger charge is -2.25. The smallest absolute Gasteiger partial charge is 0.300 e. The van der Waals surface area contributed by atoms with Crippen molar-refractivity contribution in [1.82, 2.24) is 4.98 Å². The first-order chi connectivity index (χ1) is 13.6. The van der Waals surface area contributed by atoms with Crippen LogP contribution in [0.25, 0.3) is 5.76 Å². The highest BCUT2D eigenvalue weighted by Gasteiger charge is 2.47. The summed E-state index contributed by atoms with van der Waals surface area (Å²) in [5, 5.41) is 10.9. The molecule has 1 amide bonds. The topological polar surface area (TPSA) is 70.5 Å². The molecule has 28 heavy (non-hydrogen) atoms. The molecule has 1 fully saturated rings. The van der Waals surface area contributed by atoms with Gasteiger partial charge in [0, 0.05) is 16.2 Å². The third-order valence-electron chi connectivity index (χ3n) is 4.60. The Morgan fingerprint density at radius 3 is 2.32 bits per heavy atom. The van der Waals surface area contributed by atoms with Gasteiger partial charge in [-0.05, 0) is 29.8 Å². The first kappa shape index (κ1) is 18.1. The van der Waals surface area contributed by atoms with Crippen molar-refractivity contribution in [3.05, 3.63) is 100 Å². The van der Waals surface area contributed by atoms with E-state index in [-0.39, 0.29) is 11.3 Å². The Kier molecular flexibility index (Phi) is 4.79. The Hall–Kier alpha value is -3.25. The number of aliphatic hydroxyl groups excluding tert-OH is 1. The lowest BCUT2D eigenvalue weighted by molar-refractivity contribution is -0.132.